The molecule has 2 aromatic heterocycles. The average molecular weight is 450 g/mol. The van der Waals surface area contributed by atoms with Crippen LogP contribution in [0.25, 0.3) is 22.4 Å². The third-order valence-electron chi connectivity index (χ3n) is 5.20. The molecule has 0 atom stereocenters. The van der Waals surface area contributed by atoms with Gasteiger partial charge in [-0.2, -0.15) is 0 Å². The fraction of sp³-hybridized carbons (Fsp3) is 0.208. The van der Waals surface area contributed by atoms with E-state index >= 15 is 0 Å². The summed E-state index contributed by atoms with van der Waals surface area (Å²) in [4.78, 5) is 22.5. The summed E-state index contributed by atoms with van der Waals surface area (Å²) in [6.45, 7) is 3.20. The molecule has 0 aliphatic heterocycles. The van der Waals surface area contributed by atoms with Crippen molar-refractivity contribution in [3.8, 4) is 17.0 Å². The Balaban J connectivity index is 1.70. The number of pyridine rings is 1. The van der Waals surface area contributed by atoms with E-state index in [0.717, 1.165) is 16.1 Å². The SMILES string of the molecule is COc1ccc(-c2nc3ccc(NCc4ccc(Cl)c(C)c4)nc3n(CCN)c2=O)cc1. The number of fused-ring (bicyclic) bond motifs is 1. The summed E-state index contributed by atoms with van der Waals surface area (Å²) in [5, 5.41) is 4.04. The van der Waals surface area contributed by atoms with E-state index in [-0.39, 0.29) is 5.56 Å². The Morgan fingerprint density at radius 2 is 1.88 bits per heavy atom. The van der Waals surface area contributed by atoms with Crippen LogP contribution in [0, 0.1) is 6.92 Å². The van der Waals surface area contributed by atoms with Crippen LogP contribution in [0.4, 0.5) is 5.82 Å². The molecular formula is C24H24ClN5O2. The van der Waals surface area contributed by atoms with Crippen LogP contribution in [0.5, 0.6) is 5.75 Å². The summed E-state index contributed by atoms with van der Waals surface area (Å²) in [5.74, 6) is 1.36. The molecule has 0 aliphatic rings. The summed E-state index contributed by atoms with van der Waals surface area (Å²) in [6.07, 6.45) is 0. The van der Waals surface area contributed by atoms with E-state index in [4.69, 9.17) is 22.1 Å². The van der Waals surface area contributed by atoms with E-state index in [9.17, 15) is 4.79 Å². The molecule has 164 valence electrons. The number of hydrogen-bond donors (Lipinski definition) is 2. The maximum atomic E-state index is 13.2. The first kappa shape index (κ1) is 21.8. The molecule has 0 aliphatic carbocycles. The van der Waals surface area contributed by atoms with Crippen molar-refractivity contribution in [2.75, 3.05) is 19.0 Å². The Morgan fingerprint density at radius 3 is 2.56 bits per heavy atom. The van der Waals surface area contributed by atoms with Crippen molar-refractivity contribution in [2.45, 2.75) is 20.0 Å². The van der Waals surface area contributed by atoms with Crippen LogP contribution in [0.3, 0.4) is 0 Å². The molecule has 0 unspecified atom stereocenters. The highest BCUT2D eigenvalue weighted by molar-refractivity contribution is 6.31. The monoisotopic (exact) mass is 449 g/mol. The first-order valence-corrected chi connectivity index (χ1v) is 10.6. The number of halogens is 1. The van der Waals surface area contributed by atoms with Gasteiger partial charge in [-0.15, -0.1) is 0 Å². The van der Waals surface area contributed by atoms with Gasteiger partial charge in [-0.05, 0) is 60.5 Å². The molecule has 4 rings (SSSR count). The van der Waals surface area contributed by atoms with Gasteiger partial charge in [-0.3, -0.25) is 9.36 Å². The van der Waals surface area contributed by atoms with E-state index < -0.39 is 0 Å². The summed E-state index contributed by atoms with van der Waals surface area (Å²) in [6, 6.07) is 16.8. The number of benzene rings is 2. The van der Waals surface area contributed by atoms with E-state index in [1.807, 2.05) is 49.4 Å². The lowest BCUT2D eigenvalue weighted by Gasteiger charge is -2.13. The topological polar surface area (TPSA) is 95.1 Å². The van der Waals surface area contributed by atoms with Gasteiger partial charge in [0.05, 0.1) is 7.11 Å². The van der Waals surface area contributed by atoms with Gasteiger partial charge < -0.3 is 15.8 Å². The lowest BCUT2D eigenvalue weighted by atomic mass is 10.1. The maximum Gasteiger partial charge on any atom is 0.278 e. The molecule has 8 heteroatoms. The summed E-state index contributed by atoms with van der Waals surface area (Å²) < 4.78 is 6.79. The van der Waals surface area contributed by atoms with Gasteiger partial charge in [0.15, 0.2) is 5.65 Å². The molecule has 0 amide bonds. The smallest absolute Gasteiger partial charge is 0.278 e. The molecular weight excluding hydrogens is 426 g/mol. The number of methoxy groups -OCH3 is 1. The van der Waals surface area contributed by atoms with Crippen LogP contribution in [0.2, 0.25) is 5.02 Å². The number of ether oxygens (including phenoxy) is 1. The Morgan fingerprint density at radius 1 is 1.09 bits per heavy atom. The van der Waals surface area contributed by atoms with Gasteiger partial charge in [0.25, 0.3) is 5.56 Å². The highest BCUT2D eigenvalue weighted by atomic mass is 35.5. The van der Waals surface area contributed by atoms with Crippen molar-refractivity contribution in [3.05, 3.63) is 81.1 Å². The van der Waals surface area contributed by atoms with Gasteiger partial charge in [0.1, 0.15) is 22.8 Å². The lowest BCUT2D eigenvalue weighted by molar-refractivity contribution is 0.415. The van der Waals surface area contributed by atoms with Crippen molar-refractivity contribution in [1.29, 1.82) is 0 Å². The molecule has 3 N–H and O–H groups in total. The van der Waals surface area contributed by atoms with Gasteiger partial charge in [0, 0.05) is 30.2 Å². The third-order valence-corrected chi connectivity index (χ3v) is 5.63. The number of nitrogens with one attached hydrogen (secondary N) is 1. The Hall–Kier alpha value is -3.42. The standard InChI is InChI=1S/C24H24ClN5O2/c1-15-13-16(3-8-19(15)25)14-27-21-10-9-20-23(29-21)30(12-11-26)24(31)22(28-20)17-4-6-18(32-2)7-5-17/h3-10,13H,11-12,14,26H2,1-2H3,(H,27,29). The highest BCUT2D eigenvalue weighted by Gasteiger charge is 2.14. The van der Waals surface area contributed by atoms with Crippen LogP contribution >= 0.6 is 11.6 Å². The van der Waals surface area contributed by atoms with Crippen molar-refractivity contribution < 1.29 is 4.74 Å². The number of nitrogens with two attached hydrogens (primary N) is 1. The number of aromatic nitrogens is 3. The molecule has 0 fully saturated rings. The largest absolute Gasteiger partial charge is 0.497 e. The first-order chi connectivity index (χ1) is 15.5. The van der Waals surface area contributed by atoms with Crippen LogP contribution in [-0.2, 0) is 13.1 Å². The molecule has 4 aromatic rings. The maximum absolute atomic E-state index is 13.2. The lowest BCUT2D eigenvalue weighted by Crippen LogP contribution is -2.27. The summed E-state index contributed by atoms with van der Waals surface area (Å²) >= 11 is 6.11. The quantitative estimate of drug-likeness (QED) is 0.442. The second kappa shape index (κ2) is 9.38. The Labute approximate surface area is 190 Å². The predicted octanol–water partition coefficient (Wildman–Crippen LogP) is 4.00. The van der Waals surface area contributed by atoms with E-state index in [0.29, 0.717) is 53.6 Å². The number of hydrogen-bond acceptors (Lipinski definition) is 6. The van der Waals surface area contributed by atoms with Crippen molar-refractivity contribution in [1.82, 2.24) is 14.5 Å². The van der Waals surface area contributed by atoms with Crippen molar-refractivity contribution in [2.24, 2.45) is 5.73 Å². The second-order valence-electron chi connectivity index (χ2n) is 7.41. The van der Waals surface area contributed by atoms with E-state index in [1.54, 1.807) is 23.8 Å². The van der Waals surface area contributed by atoms with Gasteiger partial charge in [-0.1, -0.05) is 23.7 Å². The van der Waals surface area contributed by atoms with Gasteiger partial charge >= 0.3 is 0 Å². The molecule has 0 radical (unpaired) electrons. The molecule has 7 nitrogen and oxygen atoms in total. The molecule has 0 saturated heterocycles. The van der Waals surface area contributed by atoms with Gasteiger partial charge in [0.2, 0.25) is 0 Å². The van der Waals surface area contributed by atoms with Crippen LogP contribution in [0.15, 0.2) is 59.4 Å². The van der Waals surface area contributed by atoms with Crippen LogP contribution < -0.4 is 21.3 Å². The van der Waals surface area contributed by atoms with Crippen molar-refractivity contribution >= 4 is 28.6 Å². The average Bonchev–Trinajstić information content (AvgIpc) is 2.81. The van der Waals surface area contributed by atoms with E-state index in [2.05, 4.69) is 15.3 Å². The van der Waals surface area contributed by atoms with Crippen LogP contribution in [-0.4, -0.2) is 28.2 Å². The minimum Gasteiger partial charge on any atom is -0.497 e. The van der Waals surface area contributed by atoms with Crippen molar-refractivity contribution in [3.63, 3.8) is 0 Å². The number of aryl methyl sites for hydroxylation is 1. The normalized spacial score (nSPS) is 11.0. The van der Waals surface area contributed by atoms with Crippen LogP contribution in [0.1, 0.15) is 11.1 Å². The summed E-state index contributed by atoms with van der Waals surface area (Å²) in [5.41, 5.74) is 9.85. The highest BCUT2D eigenvalue weighted by Crippen LogP contribution is 2.22. The van der Waals surface area contributed by atoms with Gasteiger partial charge in [-0.25, -0.2) is 9.97 Å². The molecule has 0 saturated carbocycles. The molecule has 2 heterocycles. The zero-order valence-corrected chi connectivity index (χ0v) is 18.7. The third kappa shape index (κ3) is 4.44. The number of anilines is 1. The molecule has 32 heavy (non-hydrogen) atoms. The van der Waals surface area contributed by atoms with E-state index in [1.165, 1.54) is 0 Å². The Bertz CT molecular complexity index is 1320. The molecule has 2 aromatic carbocycles. The molecule has 0 bridgehead atoms. The molecule has 0 spiro atoms. The minimum absolute atomic E-state index is 0.230. The zero-order valence-electron chi connectivity index (χ0n) is 17.9. The first-order valence-electron chi connectivity index (χ1n) is 10.2. The minimum atomic E-state index is -0.230. The number of rotatable bonds is 7. The summed E-state index contributed by atoms with van der Waals surface area (Å²) in [7, 11) is 1.60. The predicted molar refractivity (Wildman–Crippen MR) is 128 cm³/mol. The fourth-order valence-corrected chi connectivity index (χ4v) is 3.62. The fourth-order valence-electron chi connectivity index (χ4n) is 3.50. The second-order valence-corrected chi connectivity index (χ2v) is 7.82. The number of nitrogens with zero attached hydrogens (tertiary/aromatic N) is 3. The zero-order chi connectivity index (χ0) is 22.7. The Kier molecular flexibility index (Phi) is 6.39.